The average molecular weight is 406 g/mol. The topological polar surface area (TPSA) is 73.1 Å². The number of benzene rings is 2. The molecule has 0 saturated carbocycles. The zero-order chi connectivity index (χ0) is 21.0. The van der Waals surface area contributed by atoms with E-state index in [2.05, 4.69) is 9.99 Å². The first-order valence-electron chi connectivity index (χ1n) is 8.49. The molecule has 0 spiro atoms. The summed E-state index contributed by atoms with van der Waals surface area (Å²) >= 11 is 0. The largest absolute Gasteiger partial charge is 0.489 e. The monoisotopic (exact) mass is 406 g/mol. The molecule has 0 amide bonds. The minimum absolute atomic E-state index is 0.0204. The Balaban J connectivity index is 1.77. The highest BCUT2D eigenvalue weighted by molar-refractivity contribution is 5.99. The molecule has 0 aliphatic carbocycles. The van der Waals surface area contributed by atoms with Crippen LogP contribution >= 0.6 is 0 Å². The second kappa shape index (κ2) is 8.26. The molecule has 0 aliphatic rings. The van der Waals surface area contributed by atoms with Crippen molar-refractivity contribution in [2.45, 2.75) is 12.8 Å². The van der Waals surface area contributed by atoms with Crippen LogP contribution in [0.15, 0.2) is 53.8 Å². The van der Waals surface area contributed by atoms with Crippen molar-refractivity contribution in [1.29, 1.82) is 0 Å². The molecule has 0 fully saturated rings. The Hall–Kier alpha value is -3.49. The minimum Gasteiger partial charge on any atom is -0.489 e. The number of rotatable bonds is 7. The summed E-state index contributed by atoms with van der Waals surface area (Å²) in [5.41, 5.74) is 1.22. The molecule has 152 valence electrons. The van der Waals surface area contributed by atoms with E-state index < -0.39 is 24.3 Å². The Kier molecular flexibility index (Phi) is 5.76. The van der Waals surface area contributed by atoms with Gasteiger partial charge in [-0.1, -0.05) is 17.3 Å². The summed E-state index contributed by atoms with van der Waals surface area (Å²) in [6.07, 6.45) is -1.23. The van der Waals surface area contributed by atoms with E-state index in [0.717, 1.165) is 23.0 Å². The smallest absolute Gasteiger partial charge is 0.416 e. The summed E-state index contributed by atoms with van der Waals surface area (Å²) in [7, 11) is 1.83. The fourth-order valence-electron chi connectivity index (χ4n) is 2.78. The Bertz CT molecular complexity index is 1060. The van der Waals surface area contributed by atoms with Gasteiger partial charge < -0.3 is 19.2 Å². The Morgan fingerprint density at radius 1 is 1.24 bits per heavy atom. The highest BCUT2D eigenvalue weighted by Crippen LogP contribution is 2.30. The lowest BCUT2D eigenvalue weighted by Crippen LogP contribution is -2.06. The van der Waals surface area contributed by atoms with E-state index in [1.807, 2.05) is 17.7 Å². The molecule has 0 radical (unpaired) electrons. The quantitative estimate of drug-likeness (QED) is 0.471. The third kappa shape index (κ3) is 5.07. The fourth-order valence-corrected chi connectivity index (χ4v) is 2.78. The summed E-state index contributed by atoms with van der Waals surface area (Å²) in [6.45, 7) is -0.569. The van der Waals surface area contributed by atoms with Crippen molar-refractivity contribution in [3.63, 3.8) is 0 Å². The summed E-state index contributed by atoms with van der Waals surface area (Å²) in [5, 5.41) is 13.0. The van der Waals surface area contributed by atoms with E-state index in [1.54, 1.807) is 24.4 Å². The summed E-state index contributed by atoms with van der Waals surface area (Å²) < 4.78 is 46.0. The van der Waals surface area contributed by atoms with E-state index in [0.29, 0.717) is 16.9 Å². The number of fused-ring (bicyclic) bond motifs is 1. The van der Waals surface area contributed by atoms with E-state index in [-0.39, 0.29) is 6.61 Å². The minimum atomic E-state index is -4.41. The van der Waals surface area contributed by atoms with Gasteiger partial charge in [-0.05, 0) is 35.9 Å². The van der Waals surface area contributed by atoms with Gasteiger partial charge in [0.15, 0.2) is 0 Å². The second-order valence-electron chi connectivity index (χ2n) is 6.26. The van der Waals surface area contributed by atoms with Crippen LogP contribution in [0, 0.1) is 0 Å². The molecule has 0 atom stereocenters. The summed E-state index contributed by atoms with van der Waals surface area (Å²) in [4.78, 5) is 15.1. The third-order valence-corrected chi connectivity index (χ3v) is 4.11. The van der Waals surface area contributed by atoms with Crippen LogP contribution in [-0.2, 0) is 29.5 Å². The number of aromatic nitrogens is 1. The van der Waals surface area contributed by atoms with Crippen LogP contribution in [0.4, 0.5) is 13.2 Å². The number of ether oxygens (including phenoxy) is 1. The Morgan fingerprint density at radius 3 is 2.76 bits per heavy atom. The fraction of sp³-hybridized carbons (Fsp3) is 0.200. The highest BCUT2D eigenvalue weighted by atomic mass is 19.4. The number of nitrogens with zero attached hydrogens (tertiary/aromatic N) is 2. The molecular formula is C20H17F3N2O4. The van der Waals surface area contributed by atoms with Crippen molar-refractivity contribution in [2.75, 3.05) is 6.61 Å². The maximum absolute atomic E-state index is 12.8. The molecule has 1 N–H and O–H groups in total. The van der Waals surface area contributed by atoms with Crippen LogP contribution in [0.5, 0.6) is 5.75 Å². The number of carbonyl (C=O) groups is 1. The summed E-state index contributed by atoms with van der Waals surface area (Å²) in [6, 6.07) is 10.2. The first-order valence-corrected chi connectivity index (χ1v) is 8.49. The van der Waals surface area contributed by atoms with Crippen LogP contribution in [0.1, 0.15) is 16.7 Å². The van der Waals surface area contributed by atoms with E-state index >= 15 is 0 Å². The number of carboxylic acids is 1. The van der Waals surface area contributed by atoms with Crippen molar-refractivity contribution in [3.05, 3.63) is 65.4 Å². The SMILES string of the molecule is Cn1cc(/C=N/OCC(=O)O)c2cc(OCc3cccc(C(F)(F)F)c3)ccc21. The molecule has 6 nitrogen and oxygen atoms in total. The molecule has 0 aliphatic heterocycles. The molecule has 3 rings (SSSR count). The van der Waals surface area contributed by atoms with E-state index in [1.165, 1.54) is 12.3 Å². The van der Waals surface area contributed by atoms with Gasteiger partial charge in [-0.15, -0.1) is 0 Å². The zero-order valence-corrected chi connectivity index (χ0v) is 15.3. The molecule has 9 heteroatoms. The maximum atomic E-state index is 12.8. The van der Waals surface area contributed by atoms with Crippen LogP contribution in [0.3, 0.4) is 0 Å². The molecule has 1 heterocycles. The van der Waals surface area contributed by atoms with Gasteiger partial charge in [-0.25, -0.2) is 4.79 Å². The van der Waals surface area contributed by atoms with Crippen molar-refractivity contribution in [2.24, 2.45) is 12.2 Å². The first-order chi connectivity index (χ1) is 13.7. The number of hydrogen-bond donors (Lipinski definition) is 1. The number of halogens is 3. The van der Waals surface area contributed by atoms with Crippen molar-refractivity contribution in [3.8, 4) is 5.75 Å². The number of aliphatic carboxylic acids is 1. The van der Waals surface area contributed by atoms with Crippen molar-refractivity contribution >= 4 is 23.1 Å². The Labute approximate surface area is 163 Å². The standard InChI is InChI=1S/C20H17F3N2O4/c1-25-10-14(9-24-29-12-19(26)27)17-8-16(5-6-18(17)25)28-11-13-3-2-4-15(7-13)20(21,22)23/h2-10H,11-12H2,1H3,(H,26,27)/b24-9+. The van der Waals surface area contributed by atoms with Gasteiger partial charge >= 0.3 is 12.1 Å². The average Bonchev–Trinajstić information content (AvgIpc) is 2.98. The lowest BCUT2D eigenvalue weighted by atomic mass is 10.1. The van der Waals surface area contributed by atoms with E-state index in [4.69, 9.17) is 9.84 Å². The lowest BCUT2D eigenvalue weighted by molar-refractivity contribution is -0.142. The molecule has 29 heavy (non-hydrogen) atoms. The van der Waals surface area contributed by atoms with Gasteiger partial charge in [-0.2, -0.15) is 13.2 Å². The molecule has 3 aromatic rings. The van der Waals surface area contributed by atoms with Crippen LogP contribution in [0.25, 0.3) is 10.9 Å². The van der Waals surface area contributed by atoms with Gasteiger partial charge in [-0.3, -0.25) is 0 Å². The predicted octanol–water partition coefficient (Wildman–Crippen LogP) is 4.21. The molecule has 0 bridgehead atoms. The normalized spacial score (nSPS) is 11.9. The lowest BCUT2D eigenvalue weighted by Gasteiger charge is -2.10. The van der Waals surface area contributed by atoms with Crippen LogP contribution < -0.4 is 4.74 Å². The van der Waals surface area contributed by atoms with Crippen molar-refractivity contribution in [1.82, 2.24) is 4.57 Å². The number of aryl methyl sites for hydroxylation is 1. The molecular weight excluding hydrogens is 389 g/mol. The Morgan fingerprint density at radius 2 is 2.03 bits per heavy atom. The van der Waals surface area contributed by atoms with Crippen LogP contribution in [-0.4, -0.2) is 28.5 Å². The van der Waals surface area contributed by atoms with Gasteiger partial charge in [0.05, 0.1) is 11.8 Å². The maximum Gasteiger partial charge on any atom is 0.416 e. The number of alkyl halides is 3. The second-order valence-corrected chi connectivity index (χ2v) is 6.26. The zero-order valence-electron chi connectivity index (χ0n) is 15.3. The third-order valence-electron chi connectivity index (χ3n) is 4.11. The van der Waals surface area contributed by atoms with Gasteiger partial charge in [0.2, 0.25) is 6.61 Å². The van der Waals surface area contributed by atoms with Crippen LogP contribution in [0.2, 0.25) is 0 Å². The number of carboxylic acid groups (broad SMARTS) is 1. The predicted molar refractivity (Wildman–Crippen MR) is 99.9 cm³/mol. The number of oxime groups is 1. The summed E-state index contributed by atoms with van der Waals surface area (Å²) in [5.74, 6) is -0.660. The number of hydrogen-bond acceptors (Lipinski definition) is 4. The molecule has 2 aromatic carbocycles. The first kappa shape index (κ1) is 20.2. The molecule has 0 unspecified atom stereocenters. The van der Waals surface area contributed by atoms with Crippen molar-refractivity contribution < 1.29 is 32.6 Å². The van der Waals surface area contributed by atoms with E-state index in [9.17, 15) is 18.0 Å². The van der Waals surface area contributed by atoms with Gasteiger partial charge in [0.1, 0.15) is 12.4 Å². The molecule has 0 saturated heterocycles. The van der Waals surface area contributed by atoms with Gasteiger partial charge in [0.25, 0.3) is 0 Å². The van der Waals surface area contributed by atoms with Gasteiger partial charge in [0, 0.05) is 29.7 Å². The molecule has 1 aromatic heterocycles. The highest BCUT2D eigenvalue weighted by Gasteiger charge is 2.30.